The number of benzene rings is 2. The molecule has 26 heavy (non-hydrogen) atoms. The zero-order valence-corrected chi connectivity index (χ0v) is 15.1. The van der Waals surface area contributed by atoms with E-state index in [1.54, 1.807) is 17.0 Å². The fraction of sp³-hybridized carbons (Fsp3) is 0.409. The zero-order valence-electron chi connectivity index (χ0n) is 15.1. The standard InChI is InChI=1S/C22H27NO3/c24-21-14-10-19(11-15-21)18-8-12-20(13-9-18)23(22(25)26)16-4-7-17-5-2-1-3-6-17/h1-3,5-6,10-11,14-15,18,20,24H,4,7-9,12-13,16H2,(H,25,26). The Balaban J connectivity index is 1.51. The number of nitrogens with zero attached hydrogens (tertiary/aromatic N) is 1. The lowest BCUT2D eigenvalue weighted by atomic mass is 9.81. The molecular weight excluding hydrogens is 326 g/mol. The van der Waals surface area contributed by atoms with Gasteiger partial charge in [-0.25, -0.2) is 4.79 Å². The molecule has 1 aliphatic rings. The van der Waals surface area contributed by atoms with Crippen LogP contribution >= 0.6 is 0 Å². The van der Waals surface area contributed by atoms with Gasteiger partial charge in [0.1, 0.15) is 5.75 Å². The van der Waals surface area contributed by atoms with E-state index in [0.717, 1.165) is 38.5 Å². The molecule has 0 aromatic heterocycles. The van der Waals surface area contributed by atoms with Gasteiger partial charge in [-0.2, -0.15) is 0 Å². The second kappa shape index (κ2) is 8.75. The Morgan fingerprint density at radius 3 is 2.23 bits per heavy atom. The Morgan fingerprint density at radius 1 is 0.962 bits per heavy atom. The first-order valence-corrected chi connectivity index (χ1v) is 9.46. The van der Waals surface area contributed by atoms with E-state index in [9.17, 15) is 15.0 Å². The smallest absolute Gasteiger partial charge is 0.407 e. The maximum atomic E-state index is 11.7. The van der Waals surface area contributed by atoms with Crippen LogP contribution in [0.5, 0.6) is 5.75 Å². The second-order valence-corrected chi connectivity index (χ2v) is 7.16. The van der Waals surface area contributed by atoms with Gasteiger partial charge < -0.3 is 15.1 Å². The molecule has 2 aromatic carbocycles. The third kappa shape index (κ3) is 4.78. The van der Waals surface area contributed by atoms with Gasteiger partial charge in [-0.15, -0.1) is 0 Å². The lowest BCUT2D eigenvalue weighted by Gasteiger charge is -2.35. The van der Waals surface area contributed by atoms with E-state index in [1.807, 2.05) is 30.3 Å². The molecule has 2 N–H and O–H groups in total. The van der Waals surface area contributed by atoms with Crippen LogP contribution in [0.15, 0.2) is 54.6 Å². The number of carboxylic acid groups (broad SMARTS) is 1. The highest BCUT2D eigenvalue weighted by Crippen LogP contribution is 2.35. The Hall–Kier alpha value is -2.49. The maximum Gasteiger partial charge on any atom is 0.407 e. The van der Waals surface area contributed by atoms with Crippen LogP contribution in [0.4, 0.5) is 4.79 Å². The predicted molar refractivity (Wildman–Crippen MR) is 103 cm³/mol. The lowest BCUT2D eigenvalue weighted by Crippen LogP contribution is -2.42. The number of rotatable bonds is 6. The van der Waals surface area contributed by atoms with Crippen molar-refractivity contribution in [2.75, 3.05) is 6.54 Å². The normalized spacial score (nSPS) is 19.8. The average molecular weight is 353 g/mol. The summed E-state index contributed by atoms with van der Waals surface area (Å²) in [4.78, 5) is 13.4. The molecule has 0 radical (unpaired) electrons. The predicted octanol–water partition coefficient (Wildman–Crippen LogP) is 5.03. The van der Waals surface area contributed by atoms with Gasteiger partial charge in [-0.05, 0) is 67.7 Å². The maximum absolute atomic E-state index is 11.7. The first-order chi connectivity index (χ1) is 12.6. The van der Waals surface area contributed by atoms with E-state index in [1.165, 1.54) is 11.1 Å². The number of phenols is 1. The zero-order chi connectivity index (χ0) is 18.4. The number of amides is 1. The van der Waals surface area contributed by atoms with Gasteiger partial charge in [-0.1, -0.05) is 42.5 Å². The molecule has 0 spiro atoms. The van der Waals surface area contributed by atoms with Crippen molar-refractivity contribution in [3.8, 4) is 5.75 Å². The summed E-state index contributed by atoms with van der Waals surface area (Å²) in [6.07, 6.45) is 4.77. The number of carbonyl (C=O) groups is 1. The summed E-state index contributed by atoms with van der Waals surface area (Å²) in [5, 5.41) is 19.1. The van der Waals surface area contributed by atoms with Crippen molar-refractivity contribution in [2.45, 2.75) is 50.5 Å². The van der Waals surface area contributed by atoms with Crippen molar-refractivity contribution in [3.63, 3.8) is 0 Å². The van der Waals surface area contributed by atoms with Gasteiger partial charge in [0.2, 0.25) is 0 Å². The third-order valence-corrected chi connectivity index (χ3v) is 5.45. The second-order valence-electron chi connectivity index (χ2n) is 7.16. The Kier molecular flexibility index (Phi) is 6.16. The van der Waals surface area contributed by atoms with E-state index >= 15 is 0 Å². The van der Waals surface area contributed by atoms with Crippen molar-refractivity contribution >= 4 is 6.09 Å². The van der Waals surface area contributed by atoms with Gasteiger partial charge in [0.05, 0.1) is 0 Å². The van der Waals surface area contributed by atoms with Gasteiger partial charge in [0.25, 0.3) is 0 Å². The molecule has 3 rings (SSSR count). The fourth-order valence-corrected chi connectivity index (χ4v) is 4.00. The third-order valence-electron chi connectivity index (χ3n) is 5.45. The summed E-state index contributed by atoms with van der Waals surface area (Å²) in [6.45, 7) is 0.596. The van der Waals surface area contributed by atoms with Crippen molar-refractivity contribution < 1.29 is 15.0 Å². The molecule has 4 heteroatoms. The molecule has 0 atom stereocenters. The largest absolute Gasteiger partial charge is 0.508 e. The molecule has 2 aromatic rings. The van der Waals surface area contributed by atoms with Crippen LogP contribution in [0, 0.1) is 0 Å². The van der Waals surface area contributed by atoms with Crippen LogP contribution in [0.1, 0.15) is 49.1 Å². The van der Waals surface area contributed by atoms with E-state index in [2.05, 4.69) is 12.1 Å². The molecule has 1 saturated carbocycles. The van der Waals surface area contributed by atoms with Gasteiger partial charge >= 0.3 is 6.09 Å². The van der Waals surface area contributed by atoms with Crippen LogP contribution in [0.3, 0.4) is 0 Å². The van der Waals surface area contributed by atoms with E-state index in [4.69, 9.17) is 0 Å². The SMILES string of the molecule is O=C(O)N(CCCc1ccccc1)C1CCC(c2ccc(O)cc2)CC1. The summed E-state index contributed by atoms with van der Waals surface area (Å²) in [7, 11) is 0. The number of phenolic OH excluding ortho intramolecular Hbond substituents is 1. The van der Waals surface area contributed by atoms with Gasteiger partial charge in [0.15, 0.2) is 0 Å². The highest BCUT2D eigenvalue weighted by molar-refractivity contribution is 5.65. The highest BCUT2D eigenvalue weighted by Gasteiger charge is 2.29. The topological polar surface area (TPSA) is 60.8 Å². The first-order valence-electron chi connectivity index (χ1n) is 9.46. The molecule has 0 aliphatic heterocycles. The molecule has 0 unspecified atom stereocenters. The Bertz CT molecular complexity index is 691. The molecule has 138 valence electrons. The van der Waals surface area contributed by atoms with Crippen LogP contribution in [0.25, 0.3) is 0 Å². The minimum atomic E-state index is -0.800. The molecule has 1 aliphatic carbocycles. The Morgan fingerprint density at radius 2 is 1.62 bits per heavy atom. The summed E-state index contributed by atoms with van der Waals surface area (Å²) in [5.41, 5.74) is 2.50. The summed E-state index contributed by atoms with van der Waals surface area (Å²) < 4.78 is 0. The molecule has 0 saturated heterocycles. The van der Waals surface area contributed by atoms with Crippen molar-refractivity contribution in [1.29, 1.82) is 0 Å². The highest BCUT2D eigenvalue weighted by atomic mass is 16.4. The molecule has 1 fully saturated rings. The lowest BCUT2D eigenvalue weighted by molar-refractivity contribution is 0.108. The van der Waals surface area contributed by atoms with E-state index in [-0.39, 0.29) is 11.8 Å². The molecule has 0 bridgehead atoms. The monoisotopic (exact) mass is 353 g/mol. The molecule has 1 amide bonds. The van der Waals surface area contributed by atoms with E-state index < -0.39 is 6.09 Å². The molecular formula is C22H27NO3. The number of hydrogen-bond donors (Lipinski definition) is 2. The average Bonchev–Trinajstić information content (AvgIpc) is 2.67. The quantitative estimate of drug-likeness (QED) is 0.765. The van der Waals surface area contributed by atoms with Crippen LogP contribution in [-0.2, 0) is 6.42 Å². The summed E-state index contributed by atoms with van der Waals surface area (Å²) >= 11 is 0. The van der Waals surface area contributed by atoms with E-state index in [0.29, 0.717) is 12.5 Å². The van der Waals surface area contributed by atoms with Crippen LogP contribution in [0.2, 0.25) is 0 Å². The van der Waals surface area contributed by atoms with Crippen molar-refractivity contribution in [1.82, 2.24) is 4.90 Å². The molecule has 4 nitrogen and oxygen atoms in total. The van der Waals surface area contributed by atoms with Crippen molar-refractivity contribution in [2.24, 2.45) is 0 Å². The minimum Gasteiger partial charge on any atom is -0.508 e. The summed E-state index contributed by atoms with van der Waals surface area (Å²) in [5.74, 6) is 0.754. The summed E-state index contributed by atoms with van der Waals surface area (Å²) in [6, 6.07) is 17.8. The number of aromatic hydroxyl groups is 1. The minimum absolute atomic E-state index is 0.122. The molecule has 0 heterocycles. The fourth-order valence-electron chi connectivity index (χ4n) is 4.00. The first kappa shape index (κ1) is 18.3. The van der Waals surface area contributed by atoms with Crippen molar-refractivity contribution in [3.05, 3.63) is 65.7 Å². The van der Waals surface area contributed by atoms with Crippen LogP contribution < -0.4 is 0 Å². The van der Waals surface area contributed by atoms with Gasteiger partial charge in [0, 0.05) is 12.6 Å². The Labute approximate surface area is 155 Å². The number of aryl methyl sites for hydroxylation is 1. The van der Waals surface area contributed by atoms with Crippen LogP contribution in [-0.4, -0.2) is 33.8 Å². The van der Waals surface area contributed by atoms with Gasteiger partial charge in [-0.3, -0.25) is 0 Å². The number of hydrogen-bond acceptors (Lipinski definition) is 2.